The number of para-hydroxylation sites is 2. The third-order valence-electron chi connectivity index (χ3n) is 4.21. The van der Waals surface area contributed by atoms with Gasteiger partial charge in [-0.05, 0) is 12.1 Å². The van der Waals surface area contributed by atoms with Crippen LogP contribution in [0.4, 0.5) is 5.69 Å². The van der Waals surface area contributed by atoms with Crippen molar-refractivity contribution >= 4 is 35.2 Å². The fourth-order valence-electron chi connectivity index (χ4n) is 2.88. The summed E-state index contributed by atoms with van der Waals surface area (Å²) >= 11 is 1.49. The van der Waals surface area contributed by atoms with Crippen LogP contribution >= 0.6 is 11.8 Å². The quantitative estimate of drug-likeness (QED) is 0.743. The summed E-state index contributed by atoms with van der Waals surface area (Å²) in [6, 6.07) is 7.20. The number of nitrogens with zero attached hydrogens (tertiary/aromatic N) is 2. The Morgan fingerprint density at radius 2 is 2.16 bits per heavy atom. The Hall–Kier alpha value is -2.22. The van der Waals surface area contributed by atoms with Gasteiger partial charge in [0.15, 0.2) is 0 Å². The predicted molar refractivity (Wildman–Crippen MR) is 93.7 cm³/mol. The molecule has 2 aliphatic heterocycles. The van der Waals surface area contributed by atoms with Crippen molar-refractivity contribution in [2.75, 3.05) is 44.0 Å². The standard InChI is InChI=1S/C17H20N2O5S/c1-23-17(22)14-10-18(7-9-25-14)16(21)11-19-12-4-2-3-5-13(12)24-8-6-15(19)20/h2-5,14H,6-11H2,1H3/t14-/m1/s1. The number of methoxy groups -OCH3 is 1. The van der Waals surface area contributed by atoms with E-state index in [0.717, 1.165) is 0 Å². The third-order valence-corrected chi connectivity index (χ3v) is 5.37. The molecule has 0 saturated carbocycles. The average Bonchev–Trinajstić information content (AvgIpc) is 2.80. The largest absolute Gasteiger partial charge is 0.491 e. The normalized spacial score (nSPS) is 20.4. The second-order valence-electron chi connectivity index (χ2n) is 5.77. The zero-order valence-electron chi connectivity index (χ0n) is 14.0. The molecule has 1 fully saturated rings. The molecular weight excluding hydrogens is 344 g/mol. The second kappa shape index (κ2) is 7.77. The van der Waals surface area contributed by atoms with Crippen molar-refractivity contribution < 1.29 is 23.9 Å². The average molecular weight is 364 g/mol. The summed E-state index contributed by atoms with van der Waals surface area (Å²) in [6.45, 7) is 1.09. The Bertz CT molecular complexity index is 681. The number of thioether (sulfide) groups is 1. The molecule has 0 N–H and O–H groups in total. The molecule has 7 nitrogen and oxygen atoms in total. The Labute approximate surface area is 150 Å². The van der Waals surface area contributed by atoms with E-state index in [4.69, 9.17) is 9.47 Å². The van der Waals surface area contributed by atoms with Crippen LogP contribution in [-0.4, -0.2) is 67.0 Å². The lowest BCUT2D eigenvalue weighted by Gasteiger charge is -2.32. The van der Waals surface area contributed by atoms with Gasteiger partial charge < -0.3 is 14.4 Å². The predicted octanol–water partition coefficient (Wildman–Crippen LogP) is 0.919. The maximum Gasteiger partial charge on any atom is 0.320 e. The van der Waals surface area contributed by atoms with Crippen molar-refractivity contribution in [3.63, 3.8) is 0 Å². The van der Waals surface area contributed by atoms with Crippen molar-refractivity contribution in [1.82, 2.24) is 4.90 Å². The lowest BCUT2D eigenvalue weighted by atomic mass is 10.2. The molecule has 2 amide bonds. The first-order valence-electron chi connectivity index (χ1n) is 8.09. The monoisotopic (exact) mass is 364 g/mol. The number of benzene rings is 1. The van der Waals surface area contributed by atoms with E-state index < -0.39 is 0 Å². The van der Waals surface area contributed by atoms with Gasteiger partial charge in [-0.25, -0.2) is 0 Å². The minimum Gasteiger partial charge on any atom is -0.491 e. The van der Waals surface area contributed by atoms with Crippen molar-refractivity contribution in [3.05, 3.63) is 24.3 Å². The fourth-order valence-corrected chi connectivity index (χ4v) is 4.01. The van der Waals surface area contributed by atoms with E-state index >= 15 is 0 Å². The first-order chi connectivity index (χ1) is 12.1. The van der Waals surface area contributed by atoms with Gasteiger partial charge in [0.1, 0.15) is 17.5 Å². The maximum atomic E-state index is 12.7. The van der Waals surface area contributed by atoms with E-state index in [-0.39, 0.29) is 36.0 Å². The van der Waals surface area contributed by atoms with Crippen LogP contribution in [0.25, 0.3) is 0 Å². The highest BCUT2D eigenvalue weighted by Gasteiger charge is 2.32. The number of esters is 1. The van der Waals surface area contributed by atoms with Crippen LogP contribution < -0.4 is 9.64 Å². The molecule has 0 unspecified atom stereocenters. The Balaban J connectivity index is 1.73. The highest BCUT2D eigenvalue weighted by atomic mass is 32.2. The minimum atomic E-state index is -0.377. The number of hydrogen-bond acceptors (Lipinski definition) is 6. The molecule has 0 aliphatic carbocycles. The van der Waals surface area contributed by atoms with Gasteiger partial charge in [-0.3, -0.25) is 19.3 Å². The molecule has 134 valence electrons. The van der Waals surface area contributed by atoms with Gasteiger partial charge in [0.25, 0.3) is 0 Å². The Morgan fingerprint density at radius 3 is 2.96 bits per heavy atom. The molecule has 2 heterocycles. The van der Waals surface area contributed by atoms with Crippen molar-refractivity contribution in [1.29, 1.82) is 0 Å². The molecule has 0 aromatic heterocycles. The molecule has 3 rings (SSSR count). The van der Waals surface area contributed by atoms with E-state index in [1.165, 1.54) is 23.8 Å². The van der Waals surface area contributed by atoms with Crippen molar-refractivity contribution in [2.24, 2.45) is 0 Å². The lowest BCUT2D eigenvalue weighted by molar-refractivity contribution is -0.141. The Kier molecular flexibility index (Phi) is 5.47. The van der Waals surface area contributed by atoms with Gasteiger partial charge in [-0.2, -0.15) is 0 Å². The number of fused-ring (bicyclic) bond motifs is 1. The van der Waals surface area contributed by atoms with E-state index in [9.17, 15) is 14.4 Å². The zero-order valence-corrected chi connectivity index (χ0v) is 14.8. The number of anilines is 1. The number of amides is 2. The first kappa shape index (κ1) is 17.6. The fraction of sp³-hybridized carbons (Fsp3) is 0.471. The van der Waals surface area contributed by atoms with Crippen LogP contribution in [0.1, 0.15) is 6.42 Å². The number of ether oxygens (including phenoxy) is 2. The molecule has 0 spiro atoms. The van der Waals surface area contributed by atoms with Crippen molar-refractivity contribution in [2.45, 2.75) is 11.7 Å². The van der Waals surface area contributed by atoms with Crippen molar-refractivity contribution in [3.8, 4) is 5.75 Å². The van der Waals surface area contributed by atoms with Gasteiger partial charge in [-0.1, -0.05) is 12.1 Å². The zero-order chi connectivity index (χ0) is 17.8. The van der Waals surface area contributed by atoms with E-state index in [1.54, 1.807) is 17.0 Å². The van der Waals surface area contributed by atoms with Crippen LogP contribution in [0.2, 0.25) is 0 Å². The first-order valence-corrected chi connectivity index (χ1v) is 9.14. The summed E-state index contributed by atoms with van der Waals surface area (Å²) in [6.07, 6.45) is 0.225. The summed E-state index contributed by atoms with van der Waals surface area (Å²) in [7, 11) is 1.34. The van der Waals surface area contributed by atoms with Crippen LogP contribution in [-0.2, 0) is 19.1 Å². The van der Waals surface area contributed by atoms with E-state index in [2.05, 4.69) is 0 Å². The number of carbonyl (C=O) groups excluding carboxylic acids is 3. The van der Waals surface area contributed by atoms with Gasteiger partial charge in [0.2, 0.25) is 11.8 Å². The van der Waals surface area contributed by atoms with Gasteiger partial charge in [0, 0.05) is 18.8 Å². The SMILES string of the molecule is COC(=O)[C@H]1CN(C(=O)CN2C(=O)CCOc3ccccc32)CCS1. The number of hydrogen-bond donors (Lipinski definition) is 0. The summed E-state index contributed by atoms with van der Waals surface area (Å²) in [5.41, 5.74) is 0.606. The summed E-state index contributed by atoms with van der Waals surface area (Å²) in [5.74, 6) is 0.613. The number of carbonyl (C=O) groups is 3. The minimum absolute atomic E-state index is 0.0578. The topological polar surface area (TPSA) is 76.2 Å². The van der Waals surface area contributed by atoms with Gasteiger partial charge in [-0.15, -0.1) is 11.8 Å². The summed E-state index contributed by atoms with van der Waals surface area (Å²) in [4.78, 5) is 40.0. The van der Waals surface area contributed by atoms with Crippen LogP contribution in [0, 0.1) is 0 Å². The highest BCUT2D eigenvalue weighted by molar-refractivity contribution is 8.00. The molecule has 0 radical (unpaired) electrons. The lowest BCUT2D eigenvalue weighted by Crippen LogP contribution is -2.49. The molecule has 8 heteroatoms. The summed E-state index contributed by atoms with van der Waals surface area (Å²) in [5, 5.41) is -0.377. The van der Waals surface area contributed by atoms with Gasteiger partial charge >= 0.3 is 5.97 Å². The van der Waals surface area contributed by atoms with Crippen LogP contribution in [0.15, 0.2) is 24.3 Å². The van der Waals surface area contributed by atoms with Crippen LogP contribution in [0.3, 0.4) is 0 Å². The van der Waals surface area contributed by atoms with Gasteiger partial charge in [0.05, 0.1) is 25.8 Å². The van der Waals surface area contributed by atoms with E-state index in [1.807, 2.05) is 12.1 Å². The molecule has 1 aromatic carbocycles. The third kappa shape index (κ3) is 3.89. The molecule has 1 saturated heterocycles. The molecule has 1 aromatic rings. The maximum absolute atomic E-state index is 12.7. The molecular formula is C17H20N2O5S. The summed E-state index contributed by atoms with van der Waals surface area (Å²) < 4.78 is 10.4. The smallest absolute Gasteiger partial charge is 0.320 e. The molecule has 2 aliphatic rings. The molecule has 0 bridgehead atoms. The van der Waals surface area contributed by atoms with E-state index in [0.29, 0.717) is 36.9 Å². The highest BCUT2D eigenvalue weighted by Crippen LogP contribution is 2.31. The molecule has 1 atom stereocenters. The molecule has 25 heavy (non-hydrogen) atoms. The van der Waals surface area contributed by atoms with Crippen LogP contribution in [0.5, 0.6) is 5.75 Å². The second-order valence-corrected chi connectivity index (χ2v) is 7.08. The Morgan fingerprint density at radius 1 is 1.36 bits per heavy atom. The number of rotatable bonds is 3.